The SMILES string of the molecule is CCc1nn(-c2ccc(OC)cc2)c(OC)c1CO. The molecule has 0 aliphatic carbocycles. The minimum Gasteiger partial charge on any atom is -0.497 e. The summed E-state index contributed by atoms with van der Waals surface area (Å²) in [5.74, 6) is 1.36. The largest absolute Gasteiger partial charge is 0.497 e. The molecule has 5 nitrogen and oxygen atoms in total. The molecule has 0 aliphatic heterocycles. The van der Waals surface area contributed by atoms with E-state index in [-0.39, 0.29) is 6.61 Å². The number of aromatic nitrogens is 2. The van der Waals surface area contributed by atoms with Crippen LogP contribution in [0.3, 0.4) is 0 Å². The first-order chi connectivity index (χ1) is 9.24. The number of ether oxygens (including phenoxy) is 2. The van der Waals surface area contributed by atoms with Gasteiger partial charge in [0.2, 0.25) is 5.88 Å². The van der Waals surface area contributed by atoms with Crippen molar-refractivity contribution in [3.8, 4) is 17.3 Å². The molecule has 0 unspecified atom stereocenters. The molecule has 2 aromatic rings. The quantitative estimate of drug-likeness (QED) is 0.894. The summed E-state index contributed by atoms with van der Waals surface area (Å²) >= 11 is 0. The summed E-state index contributed by atoms with van der Waals surface area (Å²) in [6.45, 7) is 1.92. The highest BCUT2D eigenvalue weighted by molar-refractivity contribution is 5.43. The van der Waals surface area contributed by atoms with Gasteiger partial charge in [0.05, 0.1) is 37.8 Å². The zero-order valence-electron chi connectivity index (χ0n) is 11.4. The van der Waals surface area contributed by atoms with Crippen molar-refractivity contribution in [3.05, 3.63) is 35.5 Å². The molecule has 19 heavy (non-hydrogen) atoms. The van der Waals surface area contributed by atoms with Crippen molar-refractivity contribution in [1.29, 1.82) is 0 Å². The van der Waals surface area contributed by atoms with Gasteiger partial charge < -0.3 is 14.6 Å². The lowest BCUT2D eigenvalue weighted by Crippen LogP contribution is -2.00. The molecule has 0 radical (unpaired) electrons. The molecule has 1 aromatic carbocycles. The minimum atomic E-state index is -0.0809. The summed E-state index contributed by atoms with van der Waals surface area (Å²) in [6.07, 6.45) is 0.745. The standard InChI is InChI=1S/C14H18N2O3/c1-4-13-12(9-17)14(19-3)16(15-13)10-5-7-11(18-2)8-6-10/h5-8,17H,4,9H2,1-3H3. The summed E-state index contributed by atoms with van der Waals surface area (Å²) in [5, 5.41) is 13.9. The Balaban J connectivity index is 2.50. The first-order valence-electron chi connectivity index (χ1n) is 6.15. The average Bonchev–Trinajstić information content (AvgIpc) is 2.84. The number of hydrogen-bond acceptors (Lipinski definition) is 4. The van der Waals surface area contributed by atoms with Gasteiger partial charge in [-0.15, -0.1) is 0 Å². The van der Waals surface area contributed by atoms with Crippen LogP contribution in [0, 0.1) is 0 Å². The van der Waals surface area contributed by atoms with E-state index in [0.717, 1.165) is 29.1 Å². The Labute approximate surface area is 112 Å². The Morgan fingerprint density at radius 2 is 1.84 bits per heavy atom. The average molecular weight is 262 g/mol. The van der Waals surface area contributed by atoms with Gasteiger partial charge in [-0.2, -0.15) is 5.10 Å². The van der Waals surface area contributed by atoms with Crippen molar-refractivity contribution in [2.45, 2.75) is 20.0 Å². The molecule has 0 amide bonds. The zero-order chi connectivity index (χ0) is 13.8. The Morgan fingerprint density at radius 3 is 2.32 bits per heavy atom. The fourth-order valence-electron chi connectivity index (χ4n) is 2.03. The van der Waals surface area contributed by atoms with Gasteiger partial charge in [-0.25, -0.2) is 4.68 Å². The maximum atomic E-state index is 9.45. The molecule has 0 aliphatic rings. The van der Waals surface area contributed by atoms with Crippen LogP contribution >= 0.6 is 0 Å². The fraction of sp³-hybridized carbons (Fsp3) is 0.357. The van der Waals surface area contributed by atoms with Gasteiger partial charge in [-0.1, -0.05) is 6.92 Å². The molecule has 0 atom stereocenters. The number of aryl methyl sites for hydroxylation is 1. The van der Waals surface area contributed by atoms with E-state index in [1.165, 1.54) is 0 Å². The fourth-order valence-corrected chi connectivity index (χ4v) is 2.03. The van der Waals surface area contributed by atoms with Crippen LogP contribution in [0.4, 0.5) is 0 Å². The molecular weight excluding hydrogens is 244 g/mol. The van der Waals surface area contributed by atoms with Gasteiger partial charge in [-0.05, 0) is 30.7 Å². The second-order valence-corrected chi connectivity index (χ2v) is 4.06. The topological polar surface area (TPSA) is 56.5 Å². The van der Waals surface area contributed by atoms with Crippen LogP contribution in [0.5, 0.6) is 11.6 Å². The van der Waals surface area contributed by atoms with Gasteiger partial charge >= 0.3 is 0 Å². The lowest BCUT2D eigenvalue weighted by molar-refractivity contribution is 0.271. The van der Waals surface area contributed by atoms with Crippen molar-refractivity contribution in [2.75, 3.05) is 14.2 Å². The van der Waals surface area contributed by atoms with Crippen molar-refractivity contribution < 1.29 is 14.6 Å². The van der Waals surface area contributed by atoms with Crippen LogP contribution < -0.4 is 9.47 Å². The summed E-state index contributed by atoms with van der Waals surface area (Å²) in [4.78, 5) is 0. The van der Waals surface area contributed by atoms with E-state index in [1.54, 1.807) is 18.9 Å². The Morgan fingerprint density at radius 1 is 1.16 bits per heavy atom. The van der Waals surface area contributed by atoms with E-state index in [0.29, 0.717) is 5.88 Å². The second kappa shape index (κ2) is 5.75. The second-order valence-electron chi connectivity index (χ2n) is 4.06. The summed E-state index contributed by atoms with van der Waals surface area (Å²) in [7, 11) is 3.21. The summed E-state index contributed by atoms with van der Waals surface area (Å²) in [6, 6.07) is 7.52. The third-order valence-corrected chi connectivity index (χ3v) is 3.02. The Kier molecular flexibility index (Phi) is 4.06. The highest BCUT2D eigenvalue weighted by Gasteiger charge is 2.17. The van der Waals surface area contributed by atoms with E-state index in [2.05, 4.69) is 5.10 Å². The molecular formula is C14H18N2O3. The van der Waals surface area contributed by atoms with E-state index >= 15 is 0 Å². The minimum absolute atomic E-state index is 0.0809. The van der Waals surface area contributed by atoms with Crippen molar-refractivity contribution in [3.63, 3.8) is 0 Å². The molecule has 102 valence electrons. The normalized spacial score (nSPS) is 10.5. The number of aliphatic hydroxyl groups is 1. The van der Waals surface area contributed by atoms with Crippen LogP contribution in [0.25, 0.3) is 5.69 Å². The zero-order valence-corrected chi connectivity index (χ0v) is 11.4. The number of benzene rings is 1. The lowest BCUT2D eigenvalue weighted by Gasteiger charge is -2.08. The number of methoxy groups -OCH3 is 2. The molecule has 0 saturated carbocycles. The molecule has 0 spiro atoms. The van der Waals surface area contributed by atoms with E-state index < -0.39 is 0 Å². The van der Waals surface area contributed by atoms with E-state index in [4.69, 9.17) is 9.47 Å². The van der Waals surface area contributed by atoms with Gasteiger partial charge in [0, 0.05) is 0 Å². The first kappa shape index (κ1) is 13.4. The van der Waals surface area contributed by atoms with Gasteiger partial charge in [-0.3, -0.25) is 0 Å². The molecule has 1 aromatic heterocycles. The van der Waals surface area contributed by atoms with Crippen LogP contribution in [0.15, 0.2) is 24.3 Å². The van der Waals surface area contributed by atoms with Crippen molar-refractivity contribution in [1.82, 2.24) is 9.78 Å². The highest BCUT2D eigenvalue weighted by Crippen LogP contribution is 2.27. The van der Waals surface area contributed by atoms with E-state index in [1.807, 2.05) is 31.2 Å². The molecule has 2 rings (SSSR count). The number of nitrogens with zero attached hydrogens (tertiary/aromatic N) is 2. The third-order valence-electron chi connectivity index (χ3n) is 3.02. The molecule has 0 bridgehead atoms. The predicted molar refractivity (Wildman–Crippen MR) is 72.0 cm³/mol. The maximum Gasteiger partial charge on any atom is 0.222 e. The smallest absolute Gasteiger partial charge is 0.222 e. The van der Waals surface area contributed by atoms with Crippen molar-refractivity contribution >= 4 is 0 Å². The molecule has 1 heterocycles. The monoisotopic (exact) mass is 262 g/mol. The summed E-state index contributed by atoms with van der Waals surface area (Å²) < 4.78 is 12.2. The van der Waals surface area contributed by atoms with E-state index in [9.17, 15) is 5.11 Å². The first-order valence-corrected chi connectivity index (χ1v) is 6.15. The highest BCUT2D eigenvalue weighted by atomic mass is 16.5. The predicted octanol–water partition coefficient (Wildman–Crippen LogP) is 1.94. The molecule has 0 saturated heterocycles. The summed E-state index contributed by atoms with van der Waals surface area (Å²) in [5.41, 5.74) is 2.45. The number of hydrogen-bond donors (Lipinski definition) is 1. The van der Waals surface area contributed by atoms with Gasteiger partial charge in [0.1, 0.15) is 5.75 Å². The van der Waals surface area contributed by atoms with Crippen LogP contribution in [-0.2, 0) is 13.0 Å². The number of aliphatic hydroxyl groups excluding tert-OH is 1. The molecule has 5 heteroatoms. The molecule has 0 fully saturated rings. The van der Waals surface area contributed by atoms with Gasteiger partial charge in [0.25, 0.3) is 0 Å². The van der Waals surface area contributed by atoms with Crippen LogP contribution in [-0.4, -0.2) is 29.1 Å². The molecule has 1 N–H and O–H groups in total. The maximum absolute atomic E-state index is 9.45. The van der Waals surface area contributed by atoms with Crippen LogP contribution in [0.1, 0.15) is 18.2 Å². The lowest BCUT2D eigenvalue weighted by atomic mass is 10.2. The Hall–Kier alpha value is -2.01. The third kappa shape index (κ3) is 2.42. The number of rotatable bonds is 5. The van der Waals surface area contributed by atoms with Gasteiger partial charge in [0.15, 0.2) is 0 Å². The van der Waals surface area contributed by atoms with Crippen LogP contribution in [0.2, 0.25) is 0 Å². The Bertz CT molecular complexity index is 547. The van der Waals surface area contributed by atoms with Crippen molar-refractivity contribution in [2.24, 2.45) is 0 Å².